The molecule has 8 heteroatoms. The van der Waals surface area contributed by atoms with Gasteiger partial charge in [-0.2, -0.15) is 15.0 Å². The summed E-state index contributed by atoms with van der Waals surface area (Å²) in [6.07, 6.45) is 1.37. The van der Waals surface area contributed by atoms with Gasteiger partial charge in [-0.15, -0.1) is 0 Å². The molecule has 1 aromatic heterocycles. The first kappa shape index (κ1) is 11.8. The fourth-order valence-electron chi connectivity index (χ4n) is 1.55. The molecule has 2 N–H and O–H groups in total. The predicted molar refractivity (Wildman–Crippen MR) is 61.0 cm³/mol. The summed E-state index contributed by atoms with van der Waals surface area (Å²) in [5, 5.41) is 5.88. The van der Waals surface area contributed by atoms with E-state index in [0.29, 0.717) is 18.9 Å². The van der Waals surface area contributed by atoms with Crippen LogP contribution in [0.1, 0.15) is 12.8 Å². The molecule has 7 nitrogen and oxygen atoms in total. The lowest BCUT2D eigenvalue weighted by Crippen LogP contribution is -2.32. The van der Waals surface area contributed by atoms with Crippen molar-refractivity contribution < 1.29 is 9.53 Å². The maximum absolute atomic E-state index is 11.0. The second-order valence-electron chi connectivity index (χ2n) is 3.60. The molecule has 0 aliphatic carbocycles. The molecule has 0 spiro atoms. The fourth-order valence-corrected chi connectivity index (χ4v) is 1.70. The highest BCUT2D eigenvalue weighted by atomic mass is 35.5. The van der Waals surface area contributed by atoms with Crippen molar-refractivity contribution in [2.24, 2.45) is 0 Å². The number of ether oxygens (including phenoxy) is 1. The molecule has 1 aromatic rings. The molecule has 1 atom stereocenters. The van der Waals surface area contributed by atoms with Gasteiger partial charge in [0.25, 0.3) is 0 Å². The first-order chi connectivity index (χ1) is 8.17. The topological polar surface area (TPSA) is 89.0 Å². The Bertz CT molecular complexity index is 428. The molecule has 0 aromatic carbocycles. The van der Waals surface area contributed by atoms with E-state index >= 15 is 0 Å². The van der Waals surface area contributed by atoms with E-state index in [-0.39, 0.29) is 23.2 Å². The molecule has 17 heavy (non-hydrogen) atoms. The predicted octanol–water partition coefficient (Wildman–Crippen LogP) is 0.224. The van der Waals surface area contributed by atoms with Crippen LogP contribution in [0.2, 0.25) is 5.28 Å². The van der Waals surface area contributed by atoms with E-state index < -0.39 is 0 Å². The van der Waals surface area contributed by atoms with E-state index in [9.17, 15) is 4.79 Å². The Morgan fingerprint density at radius 3 is 3.00 bits per heavy atom. The van der Waals surface area contributed by atoms with Gasteiger partial charge < -0.3 is 15.4 Å². The molecule has 1 aliphatic heterocycles. The Hall–Kier alpha value is -1.63. The summed E-state index contributed by atoms with van der Waals surface area (Å²) in [4.78, 5) is 22.6. The molecule has 1 fully saturated rings. The monoisotopic (exact) mass is 257 g/mol. The third-order valence-corrected chi connectivity index (χ3v) is 2.53. The minimum absolute atomic E-state index is 0.0646. The Kier molecular flexibility index (Phi) is 3.58. The number of hydrogen-bond donors (Lipinski definition) is 2. The number of halogens is 1. The van der Waals surface area contributed by atoms with Crippen LogP contribution < -0.4 is 15.4 Å². The minimum atomic E-state index is 0.0646. The fraction of sp³-hybridized carbons (Fsp3) is 0.556. The highest BCUT2D eigenvalue weighted by molar-refractivity contribution is 6.28. The average Bonchev–Trinajstić information content (AvgIpc) is 2.72. The zero-order chi connectivity index (χ0) is 12.3. The second-order valence-corrected chi connectivity index (χ2v) is 3.94. The molecule has 2 rings (SSSR count). The van der Waals surface area contributed by atoms with Gasteiger partial charge >= 0.3 is 6.01 Å². The zero-order valence-electron chi connectivity index (χ0n) is 9.23. The average molecular weight is 258 g/mol. The van der Waals surface area contributed by atoms with Crippen LogP contribution >= 0.6 is 11.6 Å². The first-order valence-electron chi connectivity index (χ1n) is 5.16. The van der Waals surface area contributed by atoms with Crippen LogP contribution in [0.5, 0.6) is 6.01 Å². The summed E-state index contributed by atoms with van der Waals surface area (Å²) in [5.41, 5.74) is 0. The Labute approximate surface area is 103 Å². The van der Waals surface area contributed by atoms with Crippen molar-refractivity contribution in [3.05, 3.63) is 5.28 Å². The van der Waals surface area contributed by atoms with Crippen molar-refractivity contribution in [1.82, 2.24) is 20.3 Å². The zero-order valence-corrected chi connectivity index (χ0v) is 9.99. The third-order valence-electron chi connectivity index (χ3n) is 2.36. The normalized spacial score (nSPS) is 18.9. The van der Waals surface area contributed by atoms with Gasteiger partial charge in [-0.25, -0.2) is 0 Å². The number of carbonyl (C=O) groups is 1. The number of amides is 1. The van der Waals surface area contributed by atoms with E-state index in [2.05, 4.69) is 25.6 Å². The number of nitrogens with zero attached hydrogens (tertiary/aromatic N) is 3. The first-order valence-corrected chi connectivity index (χ1v) is 5.54. The smallest absolute Gasteiger partial charge is 0.322 e. The van der Waals surface area contributed by atoms with Crippen molar-refractivity contribution in [2.45, 2.75) is 18.9 Å². The van der Waals surface area contributed by atoms with Gasteiger partial charge in [-0.3, -0.25) is 4.79 Å². The Balaban J connectivity index is 1.94. The van der Waals surface area contributed by atoms with E-state index in [1.165, 1.54) is 7.11 Å². The summed E-state index contributed by atoms with van der Waals surface area (Å²) in [6.45, 7) is 0.551. The largest absolute Gasteiger partial charge is 0.467 e. The van der Waals surface area contributed by atoms with E-state index in [1.807, 2.05) is 0 Å². The molecule has 0 saturated carbocycles. The van der Waals surface area contributed by atoms with E-state index in [4.69, 9.17) is 16.3 Å². The van der Waals surface area contributed by atoms with Gasteiger partial charge in [0.2, 0.25) is 17.1 Å². The molecule has 92 valence electrons. The quantitative estimate of drug-likeness (QED) is 0.802. The Morgan fingerprint density at radius 2 is 2.35 bits per heavy atom. The summed E-state index contributed by atoms with van der Waals surface area (Å²) in [7, 11) is 1.45. The van der Waals surface area contributed by atoms with Gasteiger partial charge in [0.15, 0.2) is 0 Å². The summed E-state index contributed by atoms with van der Waals surface area (Å²) < 4.78 is 4.87. The van der Waals surface area contributed by atoms with Crippen LogP contribution in [0, 0.1) is 0 Å². The van der Waals surface area contributed by atoms with Crippen molar-refractivity contribution in [3.63, 3.8) is 0 Å². The number of aromatic nitrogens is 3. The lowest BCUT2D eigenvalue weighted by Gasteiger charge is -2.11. The molecule has 1 aliphatic rings. The van der Waals surface area contributed by atoms with Crippen LogP contribution in [0.15, 0.2) is 0 Å². The van der Waals surface area contributed by atoms with Crippen LogP contribution in [0.25, 0.3) is 0 Å². The molecule has 1 amide bonds. The Morgan fingerprint density at radius 1 is 1.53 bits per heavy atom. The van der Waals surface area contributed by atoms with Crippen molar-refractivity contribution in [1.29, 1.82) is 0 Å². The summed E-state index contributed by atoms with van der Waals surface area (Å²) in [6, 6.07) is 0.256. The van der Waals surface area contributed by atoms with Crippen LogP contribution in [0.3, 0.4) is 0 Å². The van der Waals surface area contributed by atoms with Gasteiger partial charge in [0, 0.05) is 19.0 Å². The highest BCUT2D eigenvalue weighted by Gasteiger charge is 2.20. The number of anilines is 1. The minimum Gasteiger partial charge on any atom is -0.467 e. The summed E-state index contributed by atoms with van der Waals surface area (Å²) in [5.74, 6) is 0.408. The van der Waals surface area contributed by atoms with Crippen LogP contribution in [-0.4, -0.2) is 40.6 Å². The molecular weight excluding hydrogens is 246 g/mol. The second kappa shape index (κ2) is 5.13. The van der Waals surface area contributed by atoms with Crippen molar-refractivity contribution in [2.75, 3.05) is 19.0 Å². The number of nitrogens with one attached hydrogen (secondary N) is 2. The molecule has 1 saturated heterocycles. The molecular formula is C9H12ClN5O2. The SMILES string of the molecule is COc1nc(Cl)nc(NCC2CCC(=O)N2)n1. The molecule has 0 bridgehead atoms. The highest BCUT2D eigenvalue weighted by Crippen LogP contribution is 2.12. The van der Waals surface area contributed by atoms with Crippen LogP contribution in [-0.2, 0) is 4.79 Å². The number of carbonyl (C=O) groups excluding carboxylic acids is 1. The standard InChI is InChI=1S/C9H12ClN5O2/c1-17-9-14-7(10)13-8(15-9)11-4-5-2-3-6(16)12-5/h5H,2-4H2,1H3,(H,12,16)(H,11,13,14,15). The lowest BCUT2D eigenvalue weighted by atomic mass is 10.2. The van der Waals surface area contributed by atoms with Crippen molar-refractivity contribution >= 4 is 23.5 Å². The molecule has 2 heterocycles. The van der Waals surface area contributed by atoms with E-state index in [1.54, 1.807) is 0 Å². The van der Waals surface area contributed by atoms with Gasteiger partial charge in [0.1, 0.15) is 0 Å². The maximum Gasteiger partial charge on any atom is 0.322 e. The number of methoxy groups -OCH3 is 1. The lowest BCUT2D eigenvalue weighted by molar-refractivity contribution is -0.119. The van der Waals surface area contributed by atoms with E-state index in [0.717, 1.165) is 6.42 Å². The van der Waals surface area contributed by atoms with Crippen molar-refractivity contribution in [3.8, 4) is 6.01 Å². The number of rotatable bonds is 4. The summed E-state index contributed by atoms with van der Waals surface area (Å²) >= 11 is 5.70. The molecule has 1 unspecified atom stereocenters. The maximum atomic E-state index is 11.0. The van der Waals surface area contributed by atoms with Gasteiger partial charge in [-0.05, 0) is 18.0 Å². The molecule has 0 radical (unpaired) electrons. The van der Waals surface area contributed by atoms with Gasteiger partial charge in [0.05, 0.1) is 7.11 Å². The van der Waals surface area contributed by atoms with Gasteiger partial charge in [-0.1, -0.05) is 0 Å². The van der Waals surface area contributed by atoms with Crippen LogP contribution in [0.4, 0.5) is 5.95 Å². The number of hydrogen-bond acceptors (Lipinski definition) is 6. The third kappa shape index (κ3) is 3.16.